The number of methoxy groups -OCH3 is 1. The summed E-state index contributed by atoms with van der Waals surface area (Å²) in [4.78, 5) is 41.7. The molecule has 1 heterocycles. The first kappa shape index (κ1) is 28.6. The second-order valence-corrected chi connectivity index (χ2v) is 9.93. The number of pyridine rings is 1. The molecule has 0 radical (unpaired) electrons. The summed E-state index contributed by atoms with van der Waals surface area (Å²) in [6.07, 6.45) is 2.25. The van der Waals surface area contributed by atoms with Crippen molar-refractivity contribution < 1.29 is 42.6 Å². The van der Waals surface area contributed by atoms with Crippen LogP contribution < -0.4 is 19.7 Å². The number of benzene rings is 3. The number of carbonyl (C=O) groups excluding carboxylic acids is 3. The molecule has 1 aromatic heterocycles. The summed E-state index contributed by atoms with van der Waals surface area (Å²) >= 11 is 0. The van der Waals surface area contributed by atoms with Gasteiger partial charge in [0, 0.05) is 30.5 Å². The van der Waals surface area contributed by atoms with Crippen LogP contribution in [0.25, 0.3) is 10.9 Å². The second kappa shape index (κ2) is 11.9. The van der Waals surface area contributed by atoms with Crippen LogP contribution in [0.2, 0.25) is 0 Å². The molecule has 2 N–H and O–H groups in total. The van der Waals surface area contributed by atoms with E-state index in [-0.39, 0.29) is 47.4 Å². The maximum Gasteiger partial charge on any atom is 0.281 e. The number of amides is 1. The van der Waals surface area contributed by atoms with Crippen molar-refractivity contribution in [1.29, 1.82) is 0 Å². The lowest BCUT2D eigenvalue weighted by atomic mass is 9.88. The molecule has 0 unspecified atom stereocenters. The van der Waals surface area contributed by atoms with Crippen molar-refractivity contribution in [3.63, 3.8) is 0 Å². The standard InChI is InChI=1S/C31H26F2N2O7/c1-40-26-16-23-21(15-27(26)41-17-30(38)35-39)24(8-11-34-23)42-25-7-4-19(12-22(25)33)14-29(37)31(9-10-31)28(36)13-18-2-5-20(32)6-3-18/h2-8,11-12,15-16,39H,9-10,13-14,17H2,1H3,(H,35,38). The fraction of sp³-hybridized carbons (Fsp3) is 0.226. The minimum Gasteiger partial charge on any atom is -0.493 e. The number of ether oxygens (including phenoxy) is 3. The zero-order chi connectivity index (χ0) is 29.9. The minimum absolute atomic E-state index is 0.0281. The lowest BCUT2D eigenvalue weighted by Crippen LogP contribution is -2.28. The van der Waals surface area contributed by atoms with Crippen LogP contribution in [0.5, 0.6) is 23.0 Å². The molecule has 216 valence electrons. The topological polar surface area (TPSA) is 124 Å². The molecule has 11 heteroatoms. The third-order valence-electron chi connectivity index (χ3n) is 7.15. The molecule has 1 aliphatic rings. The lowest BCUT2D eigenvalue weighted by Gasteiger charge is -2.15. The van der Waals surface area contributed by atoms with E-state index in [1.165, 1.54) is 67.3 Å². The number of aromatic nitrogens is 1. The molecule has 1 aliphatic carbocycles. The molecule has 9 nitrogen and oxygen atoms in total. The smallest absolute Gasteiger partial charge is 0.281 e. The molecule has 1 fully saturated rings. The van der Waals surface area contributed by atoms with Crippen LogP contribution in [0.15, 0.2) is 66.9 Å². The number of nitrogens with zero attached hydrogens (tertiary/aromatic N) is 1. The number of hydroxylamine groups is 1. The van der Waals surface area contributed by atoms with Crippen molar-refractivity contribution in [3.05, 3.63) is 89.6 Å². The Balaban J connectivity index is 1.31. The van der Waals surface area contributed by atoms with Crippen LogP contribution in [-0.2, 0) is 27.2 Å². The van der Waals surface area contributed by atoms with Gasteiger partial charge in [0.25, 0.3) is 5.91 Å². The van der Waals surface area contributed by atoms with E-state index in [0.717, 1.165) is 0 Å². The Morgan fingerprint density at radius 2 is 1.57 bits per heavy atom. The Hall–Kier alpha value is -4.90. The third-order valence-corrected chi connectivity index (χ3v) is 7.15. The van der Waals surface area contributed by atoms with Gasteiger partial charge in [-0.15, -0.1) is 0 Å². The van der Waals surface area contributed by atoms with E-state index >= 15 is 4.39 Å². The predicted molar refractivity (Wildman–Crippen MR) is 146 cm³/mol. The molecule has 1 saturated carbocycles. The van der Waals surface area contributed by atoms with Crippen LogP contribution in [0.4, 0.5) is 8.78 Å². The fourth-order valence-corrected chi connectivity index (χ4v) is 4.67. The zero-order valence-electron chi connectivity index (χ0n) is 22.5. The van der Waals surface area contributed by atoms with Gasteiger partial charge in [0.2, 0.25) is 0 Å². The second-order valence-electron chi connectivity index (χ2n) is 9.93. The summed E-state index contributed by atoms with van der Waals surface area (Å²) in [7, 11) is 1.41. The summed E-state index contributed by atoms with van der Waals surface area (Å²) in [5, 5.41) is 9.16. The molecule has 42 heavy (non-hydrogen) atoms. The Labute approximate surface area is 239 Å². The van der Waals surface area contributed by atoms with E-state index in [1.807, 2.05) is 0 Å². The molecular formula is C31H26F2N2O7. The number of Topliss-reactive ketones (excluding diaryl/α,β-unsaturated/α-hetero) is 2. The highest BCUT2D eigenvalue weighted by atomic mass is 19.1. The van der Waals surface area contributed by atoms with Gasteiger partial charge in [-0.1, -0.05) is 18.2 Å². The first-order valence-electron chi connectivity index (χ1n) is 13.0. The first-order chi connectivity index (χ1) is 20.2. The predicted octanol–water partition coefficient (Wildman–Crippen LogP) is 4.90. The van der Waals surface area contributed by atoms with Gasteiger partial charge in [0.15, 0.2) is 41.2 Å². The Kier molecular flexibility index (Phi) is 8.12. The molecule has 0 saturated heterocycles. The molecular weight excluding hydrogens is 550 g/mol. The SMILES string of the molecule is COc1cc2nccc(Oc3ccc(CC(=O)C4(C(=O)Cc5ccc(F)cc5)CC4)cc3F)c2cc1OCC(=O)NO. The van der Waals surface area contributed by atoms with Gasteiger partial charge in [-0.3, -0.25) is 24.6 Å². The molecule has 5 rings (SSSR count). The van der Waals surface area contributed by atoms with Crippen molar-refractivity contribution in [2.45, 2.75) is 25.7 Å². The number of carbonyl (C=O) groups is 3. The summed E-state index contributed by atoms with van der Waals surface area (Å²) in [6, 6.07) is 14.3. The molecule has 0 bridgehead atoms. The monoisotopic (exact) mass is 576 g/mol. The van der Waals surface area contributed by atoms with Gasteiger partial charge < -0.3 is 14.2 Å². The quantitative estimate of drug-likeness (QED) is 0.139. The molecule has 3 aromatic carbocycles. The van der Waals surface area contributed by atoms with Gasteiger partial charge >= 0.3 is 0 Å². The summed E-state index contributed by atoms with van der Waals surface area (Å²) in [5.41, 5.74) is 1.86. The number of hydrogen-bond acceptors (Lipinski definition) is 8. The normalized spacial score (nSPS) is 13.3. The zero-order valence-corrected chi connectivity index (χ0v) is 22.5. The number of hydrogen-bond donors (Lipinski definition) is 2. The van der Waals surface area contributed by atoms with Crippen LogP contribution in [0.1, 0.15) is 24.0 Å². The van der Waals surface area contributed by atoms with Gasteiger partial charge in [-0.05, 0) is 60.4 Å². The Morgan fingerprint density at radius 3 is 2.21 bits per heavy atom. The average Bonchev–Trinajstić information content (AvgIpc) is 3.80. The number of halogens is 2. The van der Waals surface area contributed by atoms with Gasteiger partial charge in [0.1, 0.15) is 11.6 Å². The van der Waals surface area contributed by atoms with Crippen molar-refractivity contribution in [2.75, 3.05) is 13.7 Å². The van der Waals surface area contributed by atoms with E-state index in [2.05, 4.69) is 4.98 Å². The number of rotatable bonds is 12. The average molecular weight is 577 g/mol. The van der Waals surface area contributed by atoms with E-state index in [9.17, 15) is 18.8 Å². The first-order valence-corrected chi connectivity index (χ1v) is 13.0. The van der Waals surface area contributed by atoms with Crippen molar-refractivity contribution >= 4 is 28.4 Å². The molecule has 0 aliphatic heterocycles. The number of fused-ring (bicyclic) bond motifs is 1. The molecule has 4 aromatic rings. The largest absolute Gasteiger partial charge is 0.493 e. The maximum atomic E-state index is 15.2. The minimum atomic E-state index is -1.09. The fourth-order valence-electron chi connectivity index (χ4n) is 4.67. The van der Waals surface area contributed by atoms with Crippen LogP contribution in [0, 0.1) is 17.0 Å². The third kappa shape index (κ3) is 6.06. The van der Waals surface area contributed by atoms with Gasteiger partial charge in [-0.25, -0.2) is 14.3 Å². The van der Waals surface area contributed by atoms with Crippen LogP contribution in [0.3, 0.4) is 0 Å². The van der Waals surface area contributed by atoms with Crippen LogP contribution >= 0.6 is 0 Å². The molecule has 0 atom stereocenters. The van der Waals surface area contributed by atoms with E-state index in [0.29, 0.717) is 34.9 Å². The van der Waals surface area contributed by atoms with Gasteiger partial charge in [-0.2, -0.15) is 0 Å². The Morgan fingerprint density at radius 1 is 0.881 bits per heavy atom. The number of nitrogens with one attached hydrogen (secondary N) is 1. The van der Waals surface area contributed by atoms with Crippen molar-refractivity contribution in [1.82, 2.24) is 10.5 Å². The van der Waals surface area contributed by atoms with E-state index in [4.69, 9.17) is 19.4 Å². The number of ketones is 2. The highest BCUT2D eigenvalue weighted by molar-refractivity contribution is 6.11. The van der Waals surface area contributed by atoms with Crippen molar-refractivity contribution in [2.24, 2.45) is 5.41 Å². The molecule has 0 spiro atoms. The summed E-state index contributed by atoms with van der Waals surface area (Å²) < 4.78 is 44.9. The summed E-state index contributed by atoms with van der Waals surface area (Å²) in [5.74, 6) is -1.80. The van der Waals surface area contributed by atoms with Crippen LogP contribution in [-0.4, -0.2) is 41.4 Å². The van der Waals surface area contributed by atoms with E-state index < -0.39 is 29.6 Å². The lowest BCUT2D eigenvalue weighted by molar-refractivity contribution is -0.134. The van der Waals surface area contributed by atoms with Gasteiger partial charge in [0.05, 0.1) is 18.0 Å². The molecule has 1 amide bonds. The Bertz CT molecular complexity index is 1670. The highest BCUT2D eigenvalue weighted by Crippen LogP contribution is 2.49. The highest BCUT2D eigenvalue weighted by Gasteiger charge is 2.54. The summed E-state index contributed by atoms with van der Waals surface area (Å²) in [6.45, 7) is -0.483. The maximum absolute atomic E-state index is 15.2. The van der Waals surface area contributed by atoms with Crippen molar-refractivity contribution in [3.8, 4) is 23.0 Å². The van der Waals surface area contributed by atoms with E-state index in [1.54, 1.807) is 12.1 Å².